The molecule has 1 amide bonds. The summed E-state index contributed by atoms with van der Waals surface area (Å²) in [6.45, 7) is 4.61. The maximum atomic E-state index is 12.2. The lowest BCUT2D eigenvalue weighted by atomic mass is 10.0. The van der Waals surface area contributed by atoms with Crippen LogP contribution in [0.25, 0.3) is 0 Å². The Bertz CT molecular complexity index is 421. The highest BCUT2D eigenvalue weighted by molar-refractivity contribution is 7.91. The lowest BCUT2D eigenvalue weighted by Gasteiger charge is -2.27. The molecule has 2 unspecified atom stereocenters. The molecule has 0 saturated carbocycles. The molecule has 2 rings (SSSR count). The number of carbonyl (C=O) groups is 1. The number of carbonyl (C=O) groups excluding carboxylic acids is 1. The van der Waals surface area contributed by atoms with Crippen LogP contribution in [0.4, 0.5) is 0 Å². The molecule has 2 atom stereocenters. The number of sulfone groups is 1. The summed E-state index contributed by atoms with van der Waals surface area (Å²) in [5.74, 6) is 1.11. The molecular formula is C13H25ClN2O3S. The van der Waals surface area contributed by atoms with Crippen LogP contribution in [-0.2, 0) is 14.6 Å². The second-order valence-corrected chi connectivity index (χ2v) is 7.86. The van der Waals surface area contributed by atoms with Crippen LogP contribution in [0.5, 0.6) is 0 Å². The van der Waals surface area contributed by atoms with Crippen molar-refractivity contribution in [3.63, 3.8) is 0 Å². The number of hydrogen-bond acceptors (Lipinski definition) is 4. The fourth-order valence-corrected chi connectivity index (χ4v) is 4.82. The van der Waals surface area contributed by atoms with Gasteiger partial charge in [-0.1, -0.05) is 0 Å². The highest BCUT2D eigenvalue weighted by atomic mass is 35.5. The quantitative estimate of drug-likeness (QED) is 0.813. The first-order valence-corrected chi connectivity index (χ1v) is 9.04. The normalized spacial score (nSPS) is 28.1. The van der Waals surface area contributed by atoms with E-state index in [9.17, 15) is 13.2 Å². The Morgan fingerprint density at radius 1 is 1.35 bits per heavy atom. The Morgan fingerprint density at radius 3 is 2.60 bits per heavy atom. The molecule has 2 heterocycles. The molecule has 20 heavy (non-hydrogen) atoms. The van der Waals surface area contributed by atoms with Gasteiger partial charge in [0.05, 0.1) is 11.5 Å². The van der Waals surface area contributed by atoms with Gasteiger partial charge in [0.1, 0.15) is 0 Å². The van der Waals surface area contributed by atoms with Crippen LogP contribution in [0.3, 0.4) is 0 Å². The van der Waals surface area contributed by atoms with Gasteiger partial charge in [-0.2, -0.15) is 0 Å². The Kier molecular flexibility index (Phi) is 6.75. The van der Waals surface area contributed by atoms with Crippen molar-refractivity contribution < 1.29 is 13.2 Å². The molecule has 0 aromatic heterocycles. The smallest absolute Gasteiger partial charge is 0.222 e. The molecule has 2 fully saturated rings. The molecule has 2 aliphatic heterocycles. The van der Waals surface area contributed by atoms with Gasteiger partial charge < -0.3 is 10.2 Å². The predicted molar refractivity (Wildman–Crippen MR) is 81.9 cm³/mol. The summed E-state index contributed by atoms with van der Waals surface area (Å²) in [5, 5.41) is 3.30. The molecule has 5 nitrogen and oxygen atoms in total. The van der Waals surface area contributed by atoms with Gasteiger partial charge in [0.2, 0.25) is 5.91 Å². The Morgan fingerprint density at radius 2 is 2.10 bits per heavy atom. The molecule has 0 bridgehead atoms. The molecule has 2 aliphatic rings. The maximum absolute atomic E-state index is 12.2. The minimum Gasteiger partial charge on any atom is -0.339 e. The van der Waals surface area contributed by atoms with Gasteiger partial charge in [0, 0.05) is 19.0 Å². The Labute approximate surface area is 127 Å². The Balaban J connectivity index is 0.00000200. The summed E-state index contributed by atoms with van der Waals surface area (Å²) in [4.78, 5) is 14.0. The first-order valence-electron chi connectivity index (χ1n) is 7.22. The van der Waals surface area contributed by atoms with E-state index in [1.54, 1.807) is 4.90 Å². The van der Waals surface area contributed by atoms with Crippen molar-refractivity contribution in [1.82, 2.24) is 10.2 Å². The number of rotatable bonds is 5. The van der Waals surface area contributed by atoms with E-state index >= 15 is 0 Å². The van der Waals surface area contributed by atoms with Crippen molar-refractivity contribution in [3.8, 4) is 0 Å². The maximum Gasteiger partial charge on any atom is 0.222 e. The highest BCUT2D eigenvalue weighted by Crippen LogP contribution is 2.20. The summed E-state index contributed by atoms with van der Waals surface area (Å²) in [5.41, 5.74) is 0. The standard InChI is InChI=1S/C13H24N2O3S.ClH/c1-2-15(12-6-8-19(17,18)10-12)13(16)4-3-11-5-7-14-9-11;/h11-12,14H,2-10H2,1H3;1H. The van der Waals surface area contributed by atoms with Crippen molar-refractivity contribution in [2.45, 2.75) is 38.6 Å². The monoisotopic (exact) mass is 324 g/mol. The van der Waals surface area contributed by atoms with E-state index in [-0.39, 0.29) is 35.9 Å². The van der Waals surface area contributed by atoms with Crippen molar-refractivity contribution in [2.75, 3.05) is 31.1 Å². The fraction of sp³-hybridized carbons (Fsp3) is 0.923. The fourth-order valence-electron chi connectivity index (χ4n) is 3.09. The first kappa shape index (κ1) is 17.7. The van der Waals surface area contributed by atoms with E-state index in [1.807, 2.05) is 6.92 Å². The highest BCUT2D eigenvalue weighted by Gasteiger charge is 2.33. The average Bonchev–Trinajstić information content (AvgIpc) is 2.97. The van der Waals surface area contributed by atoms with Crippen molar-refractivity contribution >= 4 is 28.2 Å². The van der Waals surface area contributed by atoms with Crippen LogP contribution < -0.4 is 5.32 Å². The van der Waals surface area contributed by atoms with E-state index in [0.29, 0.717) is 25.3 Å². The molecule has 0 radical (unpaired) electrons. The zero-order valence-corrected chi connectivity index (χ0v) is 13.6. The minimum atomic E-state index is -2.92. The molecular weight excluding hydrogens is 300 g/mol. The third-order valence-electron chi connectivity index (χ3n) is 4.24. The van der Waals surface area contributed by atoms with Crippen molar-refractivity contribution in [1.29, 1.82) is 0 Å². The summed E-state index contributed by atoms with van der Waals surface area (Å²) < 4.78 is 23.0. The van der Waals surface area contributed by atoms with Gasteiger partial charge in [0.25, 0.3) is 0 Å². The van der Waals surface area contributed by atoms with E-state index in [4.69, 9.17) is 0 Å². The van der Waals surface area contributed by atoms with E-state index in [1.165, 1.54) is 0 Å². The van der Waals surface area contributed by atoms with Crippen molar-refractivity contribution in [3.05, 3.63) is 0 Å². The van der Waals surface area contributed by atoms with Crippen molar-refractivity contribution in [2.24, 2.45) is 5.92 Å². The number of nitrogens with one attached hydrogen (secondary N) is 1. The third-order valence-corrected chi connectivity index (χ3v) is 5.99. The molecule has 0 aromatic rings. The lowest BCUT2D eigenvalue weighted by Crippen LogP contribution is -2.41. The minimum absolute atomic E-state index is 0. The van der Waals surface area contributed by atoms with Crippen LogP contribution in [0, 0.1) is 5.92 Å². The summed E-state index contributed by atoms with van der Waals surface area (Å²) >= 11 is 0. The second kappa shape index (κ2) is 7.61. The van der Waals surface area contributed by atoms with Gasteiger partial charge >= 0.3 is 0 Å². The van der Waals surface area contributed by atoms with Crippen LogP contribution in [0.15, 0.2) is 0 Å². The first-order chi connectivity index (χ1) is 9.02. The largest absolute Gasteiger partial charge is 0.339 e. The number of nitrogens with zero attached hydrogens (tertiary/aromatic N) is 1. The number of amides is 1. The van der Waals surface area contributed by atoms with Gasteiger partial charge in [-0.15, -0.1) is 12.4 Å². The Hall–Kier alpha value is -0.330. The lowest BCUT2D eigenvalue weighted by molar-refractivity contribution is -0.133. The van der Waals surface area contributed by atoms with Gasteiger partial charge in [-0.25, -0.2) is 8.42 Å². The SMILES string of the molecule is CCN(C(=O)CCC1CCNC1)C1CCS(=O)(=O)C1.Cl. The number of halogens is 1. The van der Waals surface area contributed by atoms with Gasteiger partial charge in [-0.3, -0.25) is 4.79 Å². The summed E-state index contributed by atoms with van der Waals surface area (Å²) in [6.07, 6.45) is 3.22. The van der Waals surface area contributed by atoms with Crippen LogP contribution in [0.1, 0.15) is 32.6 Å². The number of hydrogen-bond donors (Lipinski definition) is 1. The van der Waals surface area contributed by atoms with E-state index in [0.717, 1.165) is 25.9 Å². The van der Waals surface area contributed by atoms with Gasteiger partial charge in [0.15, 0.2) is 9.84 Å². The zero-order valence-electron chi connectivity index (χ0n) is 12.0. The molecule has 0 aromatic carbocycles. The molecule has 118 valence electrons. The van der Waals surface area contributed by atoms with Crippen LogP contribution in [0.2, 0.25) is 0 Å². The van der Waals surface area contributed by atoms with Gasteiger partial charge in [-0.05, 0) is 45.2 Å². The molecule has 0 aliphatic carbocycles. The molecule has 0 spiro atoms. The summed E-state index contributed by atoms with van der Waals surface area (Å²) in [6, 6.07) is -0.0933. The zero-order chi connectivity index (χ0) is 13.9. The van der Waals surface area contributed by atoms with E-state index < -0.39 is 9.84 Å². The van der Waals surface area contributed by atoms with Crippen LogP contribution in [-0.4, -0.2) is 56.4 Å². The van der Waals surface area contributed by atoms with Crippen LogP contribution >= 0.6 is 12.4 Å². The summed E-state index contributed by atoms with van der Waals surface area (Å²) in [7, 11) is -2.92. The molecule has 7 heteroatoms. The van der Waals surface area contributed by atoms with E-state index in [2.05, 4.69) is 5.32 Å². The topological polar surface area (TPSA) is 66.5 Å². The molecule has 1 N–H and O–H groups in total. The third kappa shape index (κ3) is 4.60. The second-order valence-electron chi connectivity index (χ2n) is 5.63. The predicted octanol–water partition coefficient (Wildman–Crippen LogP) is 0.833. The molecule has 2 saturated heterocycles. The average molecular weight is 325 g/mol.